The molecule has 2 aliphatic heterocycles. The lowest BCUT2D eigenvalue weighted by molar-refractivity contribution is -0.140. The van der Waals surface area contributed by atoms with Gasteiger partial charge in [-0.3, -0.25) is 9.59 Å². The first-order chi connectivity index (χ1) is 12.5. The minimum absolute atomic E-state index is 0.0916. The van der Waals surface area contributed by atoms with Gasteiger partial charge in [-0.05, 0) is 26.8 Å². The second-order valence-electron chi connectivity index (χ2n) is 8.21. The predicted octanol–water partition coefficient (Wildman–Crippen LogP) is 0.340. The fourth-order valence-corrected chi connectivity index (χ4v) is 5.81. The smallest absolute Gasteiger partial charge is 0.255 e. The first-order valence-corrected chi connectivity index (χ1v) is 10.8. The molecule has 1 aromatic rings. The summed E-state index contributed by atoms with van der Waals surface area (Å²) in [5, 5.41) is 0. The molecule has 3 rings (SSSR count). The number of amides is 2. The van der Waals surface area contributed by atoms with Crippen molar-refractivity contribution in [2.45, 2.75) is 38.4 Å². The van der Waals surface area contributed by atoms with Crippen molar-refractivity contribution in [3.05, 3.63) is 24.0 Å². The number of rotatable bonds is 3. The lowest BCUT2D eigenvalue weighted by Crippen LogP contribution is -2.62. The summed E-state index contributed by atoms with van der Waals surface area (Å²) in [6, 6.07) is 0.726. The van der Waals surface area contributed by atoms with Crippen molar-refractivity contribution in [1.82, 2.24) is 14.4 Å². The number of fused-ring (bicyclic) bond motifs is 1. The van der Waals surface area contributed by atoms with Crippen LogP contribution in [0.2, 0.25) is 0 Å². The van der Waals surface area contributed by atoms with Gasteiger partial charge in [-0.2, -0.15) is 0 Å². The van der Waals surface area contributed by atoms with Crippen LogP contribution in [0.5, 0.6) is 0 Å². The minimum atomic E-state index is -3.31. The summed E-state index contributed by atoms with van der Waals surface area (Å²) in [7, 11) is -1.88. The summed E-state index contributed by atoms with van der Waals surface area (Å²) in [6.07, 6.45) is 3.65. The molecule has 0 aliphatic carbocycles. The van der Waals surface area contributed by atoms with Gasteiger partial charge in [0, 0.05) is 38.1 Å². The average molecular weight is 397 g/mol. The van der Waals surface area contributed by atoms with Gasteiger partial charge in [0.25, 0.3) is 5.91 Å². The van der Waals surface area contributed by atoms with Gasteiger partial charge in [-0.1, -0.05) is 0 Å². The fraction of sp³-hybridized carbons (Fsp3) is 0.667. The SMILES string of the molecule is COCC(=O)N1CCN(C(=O)c2ccn(C(C)(C)C)c2)[C@H]2CS(=O)(=O)C[C@H]21. The number of carbonyl (C=O) groups excluding carboxylic acids is 2. The van der Waals surface area contributed by atoms with E-state index in [2.05, 4.69) is 0 Å². The Morgan fingerprint density at radius 2 is 1.74 bits per heavy atom. The van der Waals surface area contributed by atoms with Crippen molar-refractivity contribution in [1.29, 1.82) is 0 Å². The van der Waals surface area contributed by atoms with Gasteiger partial charge in [0.15, 0.2) is 9.84 Å². The lowest BCUT2D eigenvalue weighted by atomic mass is 10.0. The molecule has 0 aromatic carbocycles. The molecule has 150 valence electrons. The molecule has 8 nitrogen and oxygen atoms in total. The highest BCUT2D eigenvalue weighted by Crippen LogP contribution is 2.29. The highest BCUT2D eigenvalue weighted by atomic mass is 32.2. The number of hydrogen-bond acceptors (Lipinski definition) is 5. The molecule has 0 N–H and O–H groups in total. The zero-order chi connectivity index (χ0) is 20.0. The van der Waals surface area contributed by atoms with Gasteiger partial charge in [0.1, 0.15) is 6.61 Å². The molecule has 0 unspecified atom stereocenters. The first-order valence-electron chi connectivity index (χ1n) is 9.02. The van der Waals surface area contributed by atoms with E-state index in [-0.39, 0.29) is 35.5 Å². The van der Waals surface area contributed by atoms with Crippen molar-refractivity contribution in [2.75, 3.05) is 38.3 Å². The zero-order valence-corrected chi connectivity index (χ0v) is 17.0. The summed E-state index contributed by atoms with van der Waals surface area (Å²) >= 11 is 0. The van der Waals surface area contributed by atoms with E-state index in [1.54, 1.807) is 22.1 Å². The van der Waals surface area contributed by atoms with E-state index >= 15 is 0 Å². The Morgan fingerprint density at radius 1 is 1.15 bits per heavy atom. The van der Waals surface area contributed by atoms with Gasteiger partial charge in [0.05, 0.1) is 29.2 Å². The Labute approximate surface area is 160 Å². The van der Waals surface area contributed by atoms with Crippen molar-refractivity contribution >= 4 is 21.7 Å². The van der Waals surface area contributed by atoms with E-state index in [1.807, 2.05) is 31.5 Å². The highest BCUT2D eigenvalue weighted by Gasteiger charge is 2.49. The summed E-state index contributed by atoms with van der Waals surface area (Å²) in [5.74, 6) is -0.653. The third-order valence-electron chi connectivity index (χ3n) is 5.24. The van der Waals surface area contributed by atoms with Crippen LogP contribution < -0.4 is 0 Å². The maximum atomic E-state index is 13.1. The number of ether oxygens (including phenoxy) is 1. The van der Waals surface area contributed by atoms with E-state index in [0.717, 1.165) is 0 Å². The maximum Gasteiger partial charge on any atom is 0.255 e. The Morgan fingerprint density at radius 3 is 2.30 bits per heavy atom. The van der Waals surface area contributed by atoms with Crippen LogP contribution in [-0.4, -0.2) is 85.0 Å². The third kappa shape index (κ3) is 3.89. The number of piperazine rings is 1. The van der Waals surface area contributed by atoms with Crippen molar-refractivity contribution in [3.8, 4) is 0 Å². The van der Waals surface area contributed by atoms with E-state index in [9.17, 15) is 18.0 Å². The molecule has 2 aliphatic rings. The molecule has 0 saturated carbocycles. The molecule has 0 radical (unpaired) electrons. The Kier molecular flexibility index (Phi) is 5.11. The second kappa shape index (κ2) is 6.94. The number of nitrogens with zero attached hydrogens (tertiary/aromatic N) is 3. The van der Waals surface area contributed by atoms with Crippen LogP contribution in [0.15, 0.2) is 18.5 Å². The molecular weight excluding hydrogens is 370 g/mol. The van der Waals surface area contributed by atoms with E-state index in [0.29, 0.717) is 18.7 Å². The molecule has 0 bridgehead atoms. The van der Waals surface area contributed by atoms with Crippen LogP contribution >= 0.6 is 0 Å². The molecule has 27 heavy (non-hydrogen) atoms. The predicted molar refractivity (Wildman–Crippen MR) is 100 cm³/mol. The summed E-state index contributed by atoms with van der Waals surface area (Å²) in [4.78, 5) is 28.6. The van der Waals surface area contributed by atoms with Gasteiger partial charge in [-0.15, -0.1) is 0 Å². The van der Waals surface area contributed by atoms with Crippen LogP contribution in [0.25, 0.3) is 0 Å². The lowest BCUT2D eigenvalue weighted by Gasteiger charge is -2.43. The van der Waals surface area contributed by atoms with Crippen LogP contribution in [-0.2, 0) is 24.9 Å². The van der Waals surface area contributed by atoms with Gasteiger partial charge < -0.3 is 19.1 Å². The second-order valence-corrected chi connectivity index (χ2v) is 10.4. The molecule has 2 amide bonds. The molecule has 2 fully saturated rings. The summed E-state index contributed by atoms with van der Waals surface area (Å²) in [5.41, 5.74) is 0.382. The molecule has 1 aromatic heterocycles. The highest BCUT2D eigenvalue weighted by molar-refractivity contribution is 7.91. The van der Waals surface area contributed by atoms with Gasteiger partial charge in [-0.25, -0.2) is 8.42 Å². The third-order valence-corrected chi connectivity index (χ3v) is 6.94. The van der Waals surface area contributed by atoms with Crippen LogP contribution in [0.4, 0.5) is 0 Å². The number of methoxy groups -OCH3 is 1. The van der Waals surface area contributed by atoms with E-state index < -0.39 is 21.9 Å². The Hall–Kier alpha value is -1.87. The molecule has 2 atom stereocenters. The monoisotopic (exact) mass is 397 g/mol. The Balaban J connectivity index is 1.86. The molecule has 3 heterocycles. The zero-order valence-electron chi connectivity index (χ0n) is 16.2. The summed E-state index contributed by atoms with van der Waals surface area (Å²) in [6.45, 7) is 6.66. The Bertz CT molecular complexity index is 839. The number of sulfone groups is 1. The molecular formula is C18H27N3O5S. The van der Waals surface area contributed by atoms with Crippen molar-refractivity contribution < 1.29 is 22.7 Å². The molecule has 9 heteroatoms. The van der Waals surface area contributed by atoms with Gasteiger partial charge >= 0.3 is 0 Å². The van der Waals surface area contributed by atoms with Crippen LogP contribution in [0.1, 0.15) is 31.1 Å². The maximum absolute atomic E-state index is 13.1. The molecule has 0 spiro atoms. The van der Waals surface area contributed by atoms with E-state index in [4.69, 9.17) is 4.74 Å². The van der Waals surface area contributed by atoms with Crippen LogP contribution in [0, 0.1) is 0 Å². The van der Waals surface area contributed by atoms with Gasteiger partial charge in [0.2, 0.25) is 5.91 Å². The first kappa shape index (κ1) is 19.9. The number of aromatic nitrogens is 1. The van der Waals surface area contributed by atoms with E-state index in [1.165, 1.54) is 7.11 Å². The summed E-state index contributed by atoms with van der Waals surface area (Å²) < 4.78 is 31.4. The largest absolute Gasteiger partial charge is 0.375 e. The minimum Gasteiger partial charge on any atom is -0.375 e. The fourth-order valence-electron chi connectivity index (χ4n) is 3.83. The van der Waals surface area contributed by atoms with Crippen molar-refractivity contribution in [3.63, 3.8) is 0 Å². The molecule has 2 saturated heterocycles. The normalized spacial score (nSPS) is 24.7. The number of carbonyl (C=O) groups is 2. The van der Waals surface area contributed by atoms with Crippen LogP contribution in [0.3, 0.4) is 0 Å². The standard InChI is InChI=1S/C18H27N3O5S/c1-18(2,3)19-6-5-13(9-19)17(23)21-8-7-20(16(22)10-26-4)14-11-27(24,25)12-15(14)21/h5-6,9,14-15H,7-8,10-12H2,1-4H3/t14-,15+/m1/s1. The average Bonchev–Trinajstić information content (AvgIpc) is 3.16. The quantitative estimate of drug-likeness (QED) is 0.734. The van der Waals surface area contributed by atoms with Crippen molar-refractivity contribution in [2.24, 2.45) is 0 Å². The topological polar surface area (TPSA) is 88.9 Å². The number of hydrogen-bond donors (Lipinski definition) is 0.